The molecule has 0 unspecified atom stereocenters. The molecule has 3 aromatic carbocycles. The predicted octanol–water partition coefficient (Wildman–Crippen LogP) is 5.50. The molecule has 1 heterocycles. The van der Waals surface area contributed by atoms with Crippen molar-refractivity contribution in [2.24, 2.45) is 0 Å². The molecule has 174 valence electrons. The van der Waals surface area contributed by atoms with E-state index in [-0.39, 0.29) is 18.0 Å². The Morgan fingerprint density at radius 2 is 1.79 bits per heavy atom. The number of benzene rings is 3. The van der Waals surface area contributed by atoms with E-state index in [2.05, 4.69) is 59.3 Å². The zero-order chi connectivity index (χ0) is 24.2. The van der Waals surface area contributed by atoms with Gasteiger partial charge >= 0.3 is 0 Å². The summed E-state index contributed by atoms with van der Waals surface area (Å²) < 4.78 is 0. The van der Waals surface area contributed by atoms with E-state index >= 15 is 0 Å². The molecule has 1 aliphatic heterocycles. The molecule has 0 spiro atoms. The molecule has 1 fully saturated rings. The van der Waals surface area contributed by atoms with Crippen molar-refractivity contribution in [3.63, 3.8) is 0 Å². The summed E-state index contributed by atoms with van der Waals surface area (Å²) in [5.41, 5.74) is 5.81. The van der Waals surface area contributed by atoms with Crippen LogP contribution in [0.25, 0.3) is 0 Å². The molecule has 0 aromatic heterocycles. The SMILES string of the molecule is CNC(=O)c1ccc(N2CCN([C@H](C)c3ccc(C#N)cc3)C[C@H]2c2ccc(C)cc2)c(Cl)c1. The fourth-order valence-electron chi connectivity index (χ4n) is 4.59. The second-order valence-corrected chi connectivity index (χ2v) is 9.18. The topological polar surface area (TPSA) is 59.4 Å². The monoisotopic (exact) mass is 472 g/mol. The number of carbonyl (C=O) groups is 1. The molecule has 1 aliphatic rings. The lowest BCUT2D eigenvalue weighted by Gasteiger charge is -2.45. The number of carbonyl (C=O) groups excluding carboxylic acids is 1. The molecule has 0 aliphatic carbocycles. The standard InChI is InChI=1S/C28H29ClN4O/c1-19-4-8-23(9-5-19)27-18-32(20(2)22-10-6-21(17-30)7-11-22)14-15-33(27)26-13-12-24(16-25(26)29)28(34)31-3/h4-13,16,20,27H,14-15,18H2,1-3H3,(H,31,34)/t20-,27+/m1/s1. The Morgan fingerprint density at radius 3 is 2.41 bits per heavy atom. The van der Waals surface area contributed by atoms with Gasteiger partial charge in [-0.1, -0.05) is 53.6 Å². The normalized spacial score (nSPS) is 17.1. The minimum atomic E-state index is -0.149. The molecule has 0 saturated carbocycles. The summed E-state index contributed by atoms with van der Waals surface area (Å²) in [4.78, 5) is 16.9. The molecule has 6 heteroatoms. The molecule has 1 amide bonds. The van der Waals surface area contributed by atoms with Gasteiger partial charge < -0.3 is 10.2 Å². The summed E-state index contributed by atoms with van der Waals surface area (Å²) in [5.74, 6) is -0.149. The minimum absolute atomic E-state index is 0.110. The van der Waals surface area contributed by atoms with Gasteiger partial charge in [0.15, 0.2) is 0 Å². The van der Waals surface area contributed by atoms with Crippen LogP contribution in [0.1, 0.15) is 51.6 Å². The van der Waals surface area contributed by atoms with Gasteiger partial charge in [0.2, 0.25) is 0 Å². The molecule has 4 rings (SSSR count). The highest BCUT2D eigenvalue weighted by Crippen LogP contribution is 2.37. The fourth-order valence-corrected chi connectivity index (χ4v) is 4.88. The average molecular weight is 473 g/mol. The Hall–Kier alpha value is -3.33. The zero-order valence-corrected chi connectivity index (χ0v) is 20.5. The number of nitrogens with one attached hydrogen (secondary N) is 1. The van der Waals surface area contributed by atoms with Crippen LogP contribution < -0.4 is 10.2 Å². The Balaban J connectivity index is 1.65. The Morgan fingerprint density at radius 1 is 1.09 bits per heavy atom. The lowest BCUT2D eigenvalue weighted by Crippen LogP contribution is -2.49. The van der Waals surface area contributed by atoms with Gasteiger partial charge in [-0.05, 0) is 55.3 Å². The van der Waals surface area contributed by atoms with Crippen LogP contribution in [-0.4, -0.2) is 37.5 Å². The first-order valence-corrected chi connectivity index (χ1v) is 11.9. The van der Waals surface area contributed by atoms with Crippen molar-refractivity contribution in [1.82, 2.24) is 10.2 Å². The van der Waals surface area contributed by atoms with Gasteiger partial charge in [0.1, 0.15) is 0 Å². The summed E-state index contributed by atoms with van der Waals surface area (Å²) in [5, 5.41) is 12.3. The molecule has 1 N–H and O–H groups in total. The third-order valence-electron chi connectivity index (χ3n) is 6.69. The molecule has 0 radical (unpaired) electrons. The molecule has 0 bridgehead atoms. The van der Waals surface area contributed by atoms with Crippen LogP contribution >= 0.6 is 11.6 Å². The molecule has 5 nitrogen and oxygen atoms in total. The molecule has 2 atom stereocenters. The fraction of sp³-hybridized carbons (Fsp3) is 0.286. The minimum Gasteiger partial charge on any atom is -0.361 e. The molecule has 1 saturated heterocycles. The van der Waals surface area contributed by atoms with E-state index in [9.17, 15) is 4.79 Å². The first kappa shape index (κ1) is 23.8. The van der Waals surface area contributed by atoms with Crippen LogP contribution in [0.2, 0.25) is 5.02 Å². The van der Waals surface area contributed by atoms with Crippen LogP contribution in [-0.2, 0) is 0 Å². The van der Waals surface area contributed by atoms with Crippen LogP contribution in [0.3, 0.4) is 0 Å². The summed E-state index contributed by atoms with van der Waals surface area (Å²) >= 11 is 6.70. The Bertz CT molecular complexity index is 1200. The molecule has 34 heavy (non-hydrogen) atoms. The van der Waals surface area contributed by atoms with E-state index in [1.54, 1.807) is 13.1 Å². The number of nitrogens with zero attached hydrogens (tertiary/aromatic N) is 3. The second kappa shape index (κ2) is 10.3. The van der Waals surface area contributed by atoms with Gasteiger partial charge in [-0.25, -0.2) is 0 Å². The summed E-state index contributed by atoms with van der Waals surface area (Å²) in [6.07, 6.45) is 0. The second-order valence-electron chi connectivity index (χ2n) is 8.77. The lowest BCUT2D eigenvalue weighted by molar-refractivity contribution is 0.0963. The van der Waals surface area contributed by atoms with E-state index in [1.807, 2.05) is 36.4 Å². The quantitative estimate of drug-likeness (QED) is 0.532. The van der Waals surface area contributed by atoms with E-state index < -0.39 is 0 Å². The van der Waals surface area contributed by atoms with E-state index in [1.165, 1.54) is 16.7 Å². The number of anilines is 1. The van der Waals surface area contributed by atoms with Gasteiger partial charge in [0.05, 0.1) is 28.4 Å². The highest BCUT2D eigenvalue weighted by atomic mass is 35.5. The van der Waals surface area contributed by atoms with Crippen molar-refractivity contribution < 1.29 is 4.79 Å². The number of hydrogen-bond donors (Lipinski definition) is 1. The van der Waals surface area contributed by atoms with Crippen LogP contribution in [0.15, 0.2) is 66.7 Å². The van der Waals surface area contributed by atoms with Gasteiger partial charge in [-0.15, -0.1) is 0 Å². The highest BCUT2D eigenvalue weighted by molar-refractivity contribution is 6.33. The lowest BCUT2D eigenvalue weighted by atomic mass is 9.97. The number of rotatable bonds is 5. The van der Waals surface area contributed by atoms with E-state index in [4.69, 9.17) is 16.9 Å². The largest absolute Gasteiger partial charge is 0.361 e. The average Bonchev–Trinajstić information content (AvgIpc) is 2.88. The van der Waals surface area contributed by atoms with Gasteiger partial charge in [-0.2, -0.15) is 5.26 Å². The maximum Gasteiger partial charge on any atom is 0.251 e. The molecular weight excluding hydrogens is 444 g/mol. The maximum atomic E-state index is 12.1. The highest BCUT2D eigenvalue weighted by Gasteiger charge is 2.32. The number of amides is 1. The summed E-state index contributed by atoms with van der Waals surface area (Å²) in [6, 6.07) is 24.6. The van der Waals surface area contributed by atoms with Crippen molar-refractivity contribution in [3.05, 3.63) is 99.6 Å². The number of halogens is 1. The van der Waals surface area contributed by atoms with Crippen molar-refractivity contribution in [2.45, 2.75) is 25.9 Å². The Labute approximate surface area is 206 Å². The number of piperazine rings is 1. The zero-order valence-electron chi connectivity index (χ0n) is 19.8. The number of nitriles is 1. The summed E-state index contributed by atoms with van der Waals surface area (Å²) in [7, 11) is 1.62. The predicted molar refractivity (Wildman–Crippen MR) is 137 cm³/mol. The molecular formula is C28H29ClN4O. The Kier molecular flexibility index (Phi) is 7.21. The van der Waals surface area contributed by atoms with Crippen molar-refractivity contribution in [3.8, 4) is 6.07 Å². The van der Waals surface area contributed by atoms with Gasteiger partial charge in [-0.3, -0.25) is 9.69 Å². The van der Waals surface area contributed by atoms with Crippen LogP contribution in [0.4, 0.5) is 5.69 Å². The molecule has 3 aromatic rings. The van der Waals surface area contributed by atoms with Crippen LogP contribution in [0.5, 0.6) is 0 Å². The van der Waals surface area contributed by atoms with Crippen molar-refractivity contribution in [1.29, 1.82) is 5.26 Å². The van der Waals surface area contributed by atoms with E-state index in [0.29, 0.717) is 16.1 Å². The van der Waals surface area contributed by atoms with Gasteiger partial charge in [0, 0.05) is 38.3 Å². The first-order valence-electron chi connectivity index (χ1n) is 11.5. The number of hydrogen-bond acceptors (Lipinski definition) is 4. The number of aryl methyl sites for hydroxylation is 1. The van der Waals surface area contributed by atoms with E-state index in [0.717, 1.165) is 25.3 Å². The third kappa shape index (κ3) is 4.94. The van der Waals surface area contributed by atoms with Crippen LogP contribution in [0, 0.1) is 18.3 Å². The van der Waals surface area contributed by atoms with Crippen molar-refractivity contribution in [2.75, 3.05) is 31.6 Å². The third-order valence-corrected chi connectivity index (χ3v) is 6.99. The maximum absolute atomic E-state index is 12.1. The summed E-state index contributed by atoms with van der Waals surface area (Å²) in [6.45, 7) is 6.82. The first-order chi connectivity index (χ1) is 16.4. The van der Waals surface area contributed by atoms with Crippen molar-refractivity contribution >= 4 is 23.2 Å². The van der Waals surface area contributed by atoms with Gasteiger partial charge in [0.25, 0.3) is 5.91 Å². The smallest absolute Gasteiger partial charge is 0.251 e.